The van der Waals surface area contributed by atoms with E-state index in [4.69, 9.17) is 9.47 Å². The van der Waals surface area contributed by atoms with E-state index in [-0.39, 0.29) is 30.6 Å². The van der Waals surface area contributed by atoms with Gasteiger partial charge in [-0.25, -0.2) is 4.39 Å². The van der Waals surface area contributed by atoms with Crippen molar-refractivity contribution in [3.63, 3.8) is 0 Å². The summed E-state index contributed by atoms with van der Waals surface area (Å²) in [6, 6.07) is 10.3. The molecule has 0 aromatic heterocycles. The number of benzene rings is 2. The van der Waals surface area contributed by atoms with Crippen molar-refractivity contribution in [1.82, 2.24) is 10.2 Å². The molecule has 2 aromatic carbocycles. The average molecular weight is 526 g/mol. The lowest BCUT2D eigenvalue weighted by Gasteiger charge is -2.18. The third kappa shape index (κ3) is 9.40. The van der Waals surface area contributed by atoms with Crippen molar-refractivity contribution in [2.75, 3.05) is 33.3 Å². The van der Waals surface area contributed by atoms with Gasteiger partial charge >= 0.3 is 0 Å². The van der Waals surface area contributed by atoms with Gasteiger partial charge in [-0.3, -0.25) is 0 Å². The Hall–Kier alpha value is -1.05. The zero-order chi connectivity index (χ0) is 20.4. The second kappa shape index (κ2) is 15.7. The number of halogens is 4. The minimum atomic E-state index is -0.253. The molecule has 2 rings (SSSR count). The summed E-state index contributed by atoms with van der Waals surface area (Å²) in [6.07, 6.45) is 1.12. The monoisotopic (exact) mass is 524 g/mol. The second-order valence-electron chi connectivity index (χ2n) is 6.58. The normalized spacial score (nSPS) is 10.3. The van der Waals surface area contributed by atoms with Crippen molar-refractivity contribution in [3.05, 3.63) is 57.8 Å². The number of nitrogens with zero attached hydrogens (tertiary/aromatic N) is 1. The molecule has 0 fully saturated rings. The molecule has 0 saturated heterocycles. The zero-order valence-electron chi connectivity index (χ0n) is 17.7. The molecule has 1 N–H and O–H groups in total. The first-order valence-corrected chi connectivity index (χ1v) is 10.5. The molecular formula is C22H32BrCl2FN2O2. The Kier molecular flexibility index (Phi) is 15.2. The summed E-state index contributed by atoms with van der Waals surface area (Å²) in [4.78, 5) is 2.43. The van der Waals surface area contributed by atoms with Crippen LogP contribution in [0.3, 0.4) is 0 Å². The molecule has 0 aliphatic heterocycles. The number of ether oxygens (including phenoxy) is 2. The molecule has 0 saturated carbocycles. The molecule has 0 aliphatic rings. The van der Waals surface area contributed by atoms with E-state index < -0.39 is 0 Å². The third-order valence-corrected chi connectivity index (χ3v) is 5.23. The van der Waals surface area contributed by atoms with Crippen LogP contribution < -0.4 is 14.8 Å². The molecule has 0 atom stereocenters. The molecule has 0 unspecified atom stereocenters. The van der Waals surface area contributed by atoms with Gasteiger partial charge in [0.2, 0.25) is 0 Å². The lowest BCUT2D eigenvalue weighted by molar-refractivity contribution is 0.282. The van der Waals surface area contributed by atoms with Crippen LogP contribution in [0.25, 0.3) is 0 Å². The molecular weight excluding hydrogens is 494 g/mol. The van der Waals surface area contributed by atoms with E-state index >= 15 is 0 Å². The van der Waals surface area contributed by atoms with Crippen LogP contribution in [-0.4, -0.2) is 38.2 Å². The highest BCUT2D eigenvalue weighted by atomic mass is 79.9. The Morgan fingerprint density at radius 3 is 2.30 bits per heavy atom. The number of methoxy groups -OCH3 is 1. The third-order valence-electron chi connectivity index (χ3n) is 4.64. The van der Waals surface area contributed by atoms with Crippen molar-refractivity contribution in [3.8, 4) is 11.5 Å². The first-order chi connectivity index (χ1) is 13.6. The van der Waals surface area contributed by atoms with E-state index in [1.54, 1.807) is 19.2 Å². The summed E-state index contributed by atoms with van der Waals surface area (Å²) < 4.78 is 25.3. The van der Waals surface area contributed by atoms with Crippen molar-refractivity contribution in [2.24, 2.45) is 0 Å². The molecule has 4 nitrogen and oxygen atoms in total. The first-order valence-electron chi connectivity index (χ1n) is 9.74. The topological polar surface area (TPSA) is 33.7 Å². The van der Waals surface area contributed by atoms with Crippen LogP contribution in [-0.2, 0) is 13.2 Å². The summed E-state index contributed by atoms with van der Waals surface area (Å²) in [5, 5.41) is 3.49. The Morgan fingerprint density at radius 1 is 1.03 bits per heavy atom. The van der Waals surface area contributed by atoms with Gasteiger partial charge in [0.25, 0.3) is 0 Å². The highest BCUT2D eigenvalue weighted by molar-refractivity contribution is 9.10. The standard InChI is InChI=1S/C22H30BrFN2O2.2ClH/c1-4-26(5-2)12-6-11-25-15-18-13-20(23)22(21(14-18)27-3)28-16-17-7-9-19(24)10-8-17;;/h7-10,13-14,25H,4-6,11-12,15-16H2,1-3H3;2*1H. The van der Waals surface area contributed by atoms with Crippen LogP contribution in [0.4, 0.5) is 4.39 Å². The van der Waals surface area contributed by atoms with Gasteiger partial charge in [-0.05, 0) is 83.9 Å². The Morgan fingerprint density at radius 2 is 1.70 bits per heavy atom. The van der Waals surface area contributed by atoms with E-state index in [2.05, 4.69) is 40.0 Å². The fourth-order valence-electron chi connectivity index (χ4n) is 2.95. The van der Waals surface area contributed by atoms with Crippen molar-refractivity contribution < 1.29 is 13.9 Å². The van der Waals surface area contributed by atoms with Crippen LogP contribution in [0, 0.1) is 5.82 Å². The zero-order valence-corrected chi connectivity index (χ0v) is 21.0. The van der Waals surface area contributed by atoms with Gasteiger partial charge < -0.3 is 19.7 Å². The predicted molar refractivity (Wildman–Crippen MR) is 130 cm³/mol. The van der Waals surface area contributed by atoms with E-state index in [9.17, 15) is 4.39 Å². The van der Waals surface area contributed by atoms with Gasteiger partial charge in [0.05, 0.1) is 11.6 Å². The Bertz CT molecular complexity index is 732. The molecule has 170 valence electrons. The molecule has 0 heterocycles. The summed E-state index contributed by atoms with van der Waals surface area (Å²) in [5.41, 5.74) is 2.02. The molecule has 0 aliphatic carbocycles. The summed E-state index contributed by atoms with van der Waals surface area (Å²) in [6.45, 7) is 9.78. The maximum atomic E-state index is 13.0. The largest absolute Gasteiger partial charge is 0.493 e. The van der Waals surface area contributed by atoms with E-state index in [0.717, 1.165) is 54.7 Å². The lowest BCUT2D eigenvalue weighted by Crippen LogP contribution is -2.27. The van der Waals surface area contributed by atoms with Gasteiger partial charge in [0.1, 0.15) is 12.4 Å². The lowest BCUT2D eigenvalue weighted by atomic mass is 10.2. The van der Waals surface area contributed by atoms with E-state index in [1.165, 1.54) is 12.1 Å². The van der Waals surface area contributed by atoms with Crippen molar-refractivity contribution in [1.29, 1.82) is 0 Å². The predicted octanol–water partition coefficient (Wildman–Crippen LogP) is 5.84. The molecule has 0 spiro atoms. The maximum Gasteiger partial charge on any atom is 0.175 e. The van der Waals surface area contributed by atoms with Crippen LogP contribution in [0.5, 0.6) is 11.5 Å². The fourth-order valence-corrected chi connectivity index (χ4v) is 3.56. The summed E-state index contributed by atoms with van der Waals surface area (Å²) >= 11 is 3.58. The van der Waals surface area contributed by atoms with Crippen molar-refractivity contribution >= 4 is 40.7 Å². The van der Waals surface area contributed by atoms with E-state index in [1.807, 2.05) is 12.1 Å². The smallest absolute Gasteiger partial charge is 0.175 e. The van der Waals surface area contributed by atoms with E-state index in [0.29, 0.717) is 18.1 Å². The quantitative estimate of drug-likeness (QED) is 0.353. The molecule has 0 bridgehead atoms. The number of rotatable bonds is 12. The SMILES string of the molecule is CCN(CC)CCCNCc1cc(Br)c(OCc2ccc(F)cc2)c(OC)c1.Cl.Cl. The fraction of sp³-hybridized carbons (Fsp3) is 0.455. The van der Waals surface area contributed by atoms with Crippen LogP contribution in [0.15, 0.2) is 40.9 Å². The number of hydrogen-bond acceptors (Lipinski definition) is 4. The minimum Gasteiger partial charge on any atom is -0.493 e. The van der Waals surface area contributed by atoms with Crippen LogP contribution in [0.2, 0.25) is 0 Å². The Balaban J connectivity index is 0.00000420. The van der Waals surface area contributed by atoms with Gasteiger partial charge in [0, 0.05) is 6.54 Å². The summed E-state index contributed by atoms with van der Waals surface area (Å²) in [7, 11) is 1.63. The maximum absolute atomic E-state index is 13.0. The van der Waals surface area contributed by atoms with Crippen molar-refractivity contribution in [2.45, 2.75) is 33.4 Å². The van der Waals surface area contributed by atoms with Gasteiger partial charge in [-0.15, -0.1) is 24.8 Å². The van der Waals surface area contributed by atoms with Crippen LogP contribution in [0.1, 0.15) is 31.4 Å². The second-order valence-corrected chi connectivity index (χ2v) is 7.44. The highest BCUT2D eigenvalue weighted by Crippen LogP contribution is 2.37. The number of nitrogens with one attached hydrogen (secondary N) is 1. The number of hydrogen-bond donors (Lipinski definition) is 1. The first kappa shape index (κ1) is 28.9. The molecule has 2 aromatic rings. The van der Waals surface area contributed by atoms with Gasteiger partial charge in [-0.1, -0.05) is 26.0 Å². The molecule has 30 heavy (non-hydrogen) atoms. The van der Waals surface area contributed by atoms with Gasteiger partial charge in [0.15, 0.2) is 11.5 Å². The average Bonchev–Trinajstić information content (AvgIpc) is 2.70. The minimum absolute atomic E-state index is 0. The van der Waals surface area contributed by atoms with Crippen LogP contribution >= 0.6 is 40.7 Å². The molecule has 8 heteroatoms. The van der Waals surface area contributed by atoms with Gasteiger partial charge in [-0.2, -0.15) is 0 Å². The Labute approximate surface area is 200 Å². The molecule has 0 amide bonds. The highest BCUT2D eigenvalue weighted by Gasteiger charge is 2.12. The molecule has 0 radical (unpaired) electrons. The summed E-state index contributed by atoms with van der Waals surface area (Å²) in [5.74, 6) is 1.07.